The van der Waals surface area contributed by atoms with Gasteiger partial charge in [-0.15, -0.1) is 0 Å². The molecule has 0 aliphatic carbocycles. The number of ketones is 1. The minimum Gasteiger partial charge on any atom is -0.481 e. The topological polar surface area (TPSA) is 167 Å². The lowest BCUT2D eigenvalue weighted by atomic mass is 9.72. The highest BCUT2D eigenvalue weighted by atomic mass is 16.8. The molecule has 4 aliphatic rings. The maximum Gasteiger partial charge on any atom is 0.309 e. The Hall–Kier alpha value is -1.93. The van der Waals surface area contributed by atoms with Gasteiger partial charge in [0.15, 0.2) is 17.9 Å². The number of ether oxygens (including phenoxy) is 6. The van der Waals surface area contributed by atoms with Crippen LogP contribution in [0.2, 0.25) is 0 Å². The molecule has 4 aliphatic heterocycles. The number of methoxy groups -OCH3 is 1. The van der Waals surface area contributed by atoms with E-state index in [-0.39, 0.29) is 47.6 Å². The van der Waals surface area contributed by atoms with Crippen molar-refractivity contribution in [1.29, 1.82) is 0 Å². The Kier molecular flexibility index (Phi) is 18.7. The normalized spacial score (nSPS) is 36.3. The molecule has 3 N–H and O–H groups in total. The molecule has 0 aromatic carbocycles. The Morgan fingerprint density at radius 1 is 0.912 bits per heavy atom. The van der Waals surface area contributed by atoms with Crippen molar-refractivity contribution >= 4 is 17.7 Å². The third-order valence-electron chi connectivity index (χ3n) is 13.5. The van der Waals surface area contributed by atoms with E-state index in [2.05, 4.69) is 45.4 Å². The van der Waals surface area contributed by atoms with Crippen molar-refractivity contribution in [3.8, 4) is 0 Å². The molecular formula is C45H78O12. The van der Waals surface area contributed by atoms with E-state index in [1.165, 1.54) is 14.0 Å². The number of carbonyl (C=O) groups is 3. The fraction of sp³-hybridized carbons (Fsp3) is 0.889. The predicted octanol–water partition coefficient (Wildman–Crippen LogP) is 7.99. The van der Waals surface area contributed by atoms with Crippen LogP contribution in [0, 0.1) is 41.4 Å². The van der Waals surface area contributed by atoms with Crippen LogP contribution in [0.15, 0.2) is 12.2 Å². The van der Waals surface area contributed by atoms with Crippen molar-refractivity contribution in [3.05, 3.63) is 12.2 Å². The van der Waals surface area contributed by atoms with E-state index in [0.717, 1.165) is 44.9 Å². The number of aliphatic hydroxyl groups excluding tert-OH is 2. The van der Waals surface area contributed by atoms with E-state index in [0.29, 0.717) is 32.1 Å². The summed E-state index contributed by atoms with van der Waals surface area (Å²) in [7, 11) is 1.35. The molecule has 0 aromatic heterocycles. The van der Waals surface area contributed by atoms with Crippen LogP contribution in [-0.2, 0) is 42.8 Å². The van der Waals surface area contributed by atoms with Crippen LogP contribution in [0.4, 0.5) is 0 Å². The fourth-order valence-corrected chi connectivity index (χ4v) is 9.90. The molecule has 2 unspecified atom stereocenters. The minimum atomic E-state index is -1.08. The van der Waals surface area contributed by atoms with E-state index in [4.69, 9.17) is 23.7 Å². The molecule has 0 radical (unpaired) electrons. The summed E-state index contributed by atoms with van der Waals surface area (Å²) in [6.07, 6.45) is 10.00. The highest BCUT2D eigenvalue weighted by molar-refractivity contribution is 5.84. The molecular weight excluding hydrogens is 732 g/mol. The van der Waals surface area contributed by atoms with Crippen molar-refractivity contribution in [2.24, 2.45) is 41.4 Å². The number of aliphatic hydroxyl groups is 2. The zero-order chi connectivity index (χ0) is 42.9. The average Bonchev–Trinajstić information content (AvgIpc) is 3.48. The Morgan fingerprint density at radius 2 is 1.56 bits per heavy atom. The van der Waals surface area contributed by atoms with Gasteiger partial charge in [-0.25, -0.2) is 0 Å². The van der Waals surface area contributed by atoms with Crippen LogP contribution >= 0.6 is 0 Å². The van der Waals surface area contributed by atoms with E-state index in [9.17, 15) is 29.7 Å². The van der Waals surface area contributed by atoms with Gasteiger partial charge in [-0.2, -0.15) is 0 Å². The minimum absolute atomic E-state index is 0.00275. The predicted molar refractivity (Wildman–Crippen MR) is 217 cm³/mol. The molecule has 0 aromatic rings. The van der Waals surface area contributed by atoms with Crippen molar-refractivity contribution in [2.45, 2.75) is 207 Å². The second-order valence-corrected chi connectivity index (χ2v) is 18.0. The first-order chi connectivity index (χ1) is 26.7. The van der Waals surface area contributed by atoms with E-state index >= 15 is 0 Å². The molecule has 4 rings (SSSR count). The third-order valence-corrected chi connectivity index (χ3v) is 13.5. The summed E-state index contributed by atoms with van der Waals surface area (Å²) < 4.78 is 37.6. The lowest BCUT2D eigenvalue weighted by Crippen LogP contribution is -2.59. The number of esters is 1. The number of unbranched alkanes of at least 4 members (excludes halogenated alkanes) is 2. The van der Waals surface area contributed by atoms with Gasteiger partial charge in [0.05, 0.1) is 49.1 Å². The van der Waals surface area contributed by atoms with Crippen LogP contribution in [-0.4, -0.2) is 94.1 Å². The van der Waals surface area contributed by atoms with Gasteiger partial charge in [-0.1, -0.05) is 80.7 Å². The quantitative estimate of drug-likeness (QED) is 0.0562. The van der Waals surface area contributed by atoms with Crippen LogP contribution in [0.1, 0.15) is 153 Å². The van der Waals surface area contributed by atoms with Crippen LogP contribution in [0.5, 0.6) is 0 Å². The van der Waals surface area contributed by atoms with Gasteiger partial charge in [-0.05, 0) is 76.7 Å². The molecule has 16 atom stereocenters. The van der Waals surface area contributed by atoms with Gasteiger partial charge in [0.25, 0.3) is 0 Å². The summed E-state index contributed by atoms with van der Waals surface area (Å²) in [6, 6.07) is 0. The molecule has 12 heteroatoms. The zero-order valence-corrected chi connectivity index (χ0v) is 37.2. The standard InChI is InChI=1S/C42H72O10.C3H6O2/c1-11-14-15-17-34(48-30(9)43)40(10)22-23-41(51-40)20-16-21-42(52-41)27(6)24-26(5)38(50-42)32(13-3)36(45)28(7)35(44)29(8)37-25(4)18-19-33(49-37)31(12-2)39(46)47;1-3(4)5-2/h16,21,25-35,37-38,43-44H,11-15,17-20,22-24H2,1-10H3,(H,46,47);1-2H3/t25-,26-,27+,28-,29-,30-,31+,32-,33+,34+,35+,37?,38-,40-,41+,42?;/m0./s1. The van der Waals surface area contributed by atoms with Gasteiger partial charge in [0.2, 0.25) is 0 Å². The summed E-state index contributed by atoms with van der Waals surface area (Å²) >= 11 is 0. The van der Waals surface area contributed by atoms with Crippen molar-refractivity contribution in [1.82, 2.24) is 0 Å². The number of rotatable bonds is 17. The Bertz CT molecular complexity index is 1320. The number of aliphatic carboxylic acids is 1. The maximum absolute atomic E-state index is 14.4. The molecule has 4 heterocycles. The number of carbonyl (C=O) groups excluding carboxylic acids is 2. The van der Waals surface area contributed by atoms with Crippen LogP contribution in [0.25, 0.3) is 0 Å². The Labute approximate surface area is 343 Å². The summed E-state index contributed by atoms with van der Waals surface area (Å²) in [4.78, 5) is 35.9. The summed E-state index contributed by atoms with van der Waals surface area (Å²) in [5, 5.41) is 31.7. The van der Waals surface area contributed by atoms with Gasteiger partial charge >= 0.3 is 11.9 Å². The number of carboxylic acids is 1. The Balaban J connectivity index is 0.00000163. The van der Waals surface area contributed by atoms with Gasteiger partial charge in [0, 0.05) is 43.4 Å². The molecule has 2 spiro atoms. The monoisotopic (exact) mass is 811 g/mol. The van der Waals surface area contributed by atoms with Crippen LogP contribution in [0.3, 0.4) is 0 Å². The highest BCUT2D eigenvalue weighted by Gasteiger charge is 2.59. The van der Waals surface area contributed by atoms with E-state index in [1.54, 1.807) is 13.8 Å². The SMILES string of the molecule is CCCCC[C@@H](O[C@@H](C)O)[C@]1(C)CC[C@]2(CC=CC3(O[C@H]([C@@H](CC)C(=O)[C@@H](C)[C@@H](O)[C@H](C)C4O[C@@H]([C@@H](CC)C(=O)O)CC[C@@H]4C)[C@@H](C)C[C@H]3C)O2)O1.COC(C)=O. The number of hydrogen-bond donors (Lipinski definition) is 3. The zero-order valence-electron chi connectivity index (χ0n) is 37.2. The van der Waals surface area contributed by atoms with E-state index in [1.807, 2.05) is 26.8 Å². The summed E-state index contributed by atoms with van der Waals surface area (Å²) in [5.41, 5.74) is -0.642. The Morgan fingerprint density at radius 3 is 2.12 bits per heavy atom. The lowest BCUT2D eigenvalue weighted by Gasteiger charge is -2.53. The number of hydrogen-bond acceptors (Lipinski definition) is 11. The highest BCUT2D eigenvalue weighted by Crippen LogP contribution is 2.53. The van der Waals surface area contributed by atoms with Crippen molar-refractivity contribution in [2.75, 3.05) is 7.11 Å². The summed E-state index contributed by atoms with van der Waals surface area (Å²) in [6.45, 7) is 21.2. The number of carboxylic acid groups (broad SMARTS) is 1. The number of Topliss-reactive ketones (excluding diaryl/α,β-unsaturated/α-hetero) is 1. The third kappa shape index (κ3) is 12.1. The largest absolute Gasteiger partial charge is 0.481 e. The molecule has 3 saturated heterocycles. The second kappa shape index (κ2) is 21.5. The maximum atomic E-state index is 14.4. The first-order valence-corrected chi connectivity index (χ1v) is 22.0. The van der Waals surface area contributed by atoms with Gasteiger partial charge < -0.3 is 43.7 Å². The molecule has 57 heavy (non-hydrogen) atoms. The fourth-order valence-electron chi connectivity index (χ4n) is 9.90. The molecule has 3 fully saturated rings. The summed E-state index contributed by atoms with van der Waals surface area (Å²) in [5.74, 6) is -5.00. The molecule has 0 saturated carbocycles. The smallest absolute Gasteiger partial charge is 0.309 e. The molecule has 330 valence electrons. The first-order valence-electron chi connectivity index (χ1n) is 22.0. The average molecular weight is 811 g/mol. The molecule has 0 bridgehead atoms. The van der Waals surface area contributed by atoms with Crippen molar-refractivity contribution in [3.63, 3.8) is 0 Å². The first kappa shape index (κ1) is 49.4. The molecule has 12 nitrogen and oxygen atoms in total. The van der Waals surface area contributed by atoms with Crippen LogP contribution < -0.4 is 0 Å². The van der Waals surface area contributed by atoms with Crippen molar-refractivity contribution < 1.29 is 58.1 Å². The van der Waals surface area contributed by atoms with E-state index < -0.39 is 65.5 Å². The van der Waals surface area contributed by atoms with Gasteiger partial charge in [-0.3, -0.25) is 14.4 Å². The van der Waals surface area contributed by atoms with Gasteiger partial charge in [0.1, 0.15) is 5.78 Å². The molecule has 0 amide bonds. The second-order valence-electron chi connectivity index (χ2n) is 18.0. The lowest BCUT2D eigenvalue weighted by molar-refractivity contribution is -0.393.